The number of aliphatic hydroxyl groups is 1. The lowest BCUT2D eigenvalue weighted by Gasteiger charge is -2.30. The fraction of sp³-hybridized carbons (Fsp3) is 0.462. The molecule has 0 aromatic carbocycles. The van der Waals surface area contributed by atoms with Crippen LogP contribution in [-0.2, 0) is 14.3 Å². The topological polar surface area (TPSA) is 67.8 Å². The van der Waals surface area contributed by atoms with Crippen LogP contribution in [0.4, 0.5) is 0 Å². The molecule has 1 atom stereocenters. The van der Waals surface area contributed by atoms with E-state index >= 15 is 0 Å². The molecular weight excluding hydrogens is 234 g/mol. The van der Waals surface area contributed by atoms with Crippen LogP contribution in [0.25, 0.3) is 0 Å². The van der Waals surface area contributed by atoms with Crippen LogP contribution in [0.15, 0.2) is 34.9 Å². The van der Waals surface area contributed by atoms with Crippen LogP contribution in [-0.4, -0.2) is 30.9 Å². The van der Waals surface area contributed by atoms with Crippen molar-refractivity contribution in [3.63, 3.8) is 0 Å². The standard InChI is InChI=1S/C13H17NO4/c1-3-18-13(16)10-12(17-2)11(15)8-6-4-5-7-9(8)14-10/h6-7,11,14-15H,3-5H2,1-2H3. The molecule has 1 heterocycles. The molecular formula is C13H17NO4. The van der Waals surface area contributed by atoms with Gasteiger partial charge in [0.25, 0.3) is 0 Å². The molecule has 0 radical (unpaired) electrons. The smallest absolute Gasteiger partial charge is 0.358 e. The molecule has 0 amide bonds. The van der Waals surface area contributed by atoms with Gasteiger partial charge in [0.15, 0.2) is 11.5 Å². The Morgan fingerprint density at radius 3 is 2.89 bits per heavy atom. The molecule has 1 aliphatic carbocycles. The predicted molar refractivity (Wildman–Crippen MR) is 65.2 cm³/mol. The minimum atomic E-state index is -0.915. The normalized spacial score (nSPS) is 22.5. The van der Waals surface area contributed by atoms with E-state index < -0.39 is 12.1 Å². The van der Waals surface area contributed by atoms with Crippen molar-refractivity contribution >= 4 is 5.97 Å². The molecule has 0 saturated carbocycles. The van der Waals surface area contributed by atoms with E-state index in [-0.39, 0.29) is 18.1 Å². The number of fused-ring (bicyclic) bond motifs is 1. The number of ether oxygens (including phenoxy) is 2. The number of hydrogen-bond donors (Lipinski definition) is 2. The number of aliphatic hydroxyl groups excluding tert-OH is 1. The summed E-state index contributed by atoms with van der Waals surface area (Å²) in [7, 11) is 1.43. The number of esters is 1. The largest absolute Gasteiger partial charge is 0.495 e. The Kier molecular flexibility index (Phi) is 3.72. The van der Waals surface area contributed by atoms with E-state index in [2.05, 4.69) is 5.32 Å². The van der Waals surface area contributed by atoms with Gasteiger partial charge in [0.05, 0.1) is 13.7 Å². The van der Waals surface area contributed by atoms with Crippen LogP contribution in [0.5, 0.6) is 0 Å². The molecule has 98 valence electrons. The van der Waals surface area contributed by atoms with Gasteiger partial charge in [-0.05, 0) is 19.8 Å². The van der Waals surface area contributed by atoms with Crippen molar-refractivity contribution in [1.82, 2.24) is 5.32 Å². The Morgan fingerprint density at radius 2 is 2.22 bits per heavy atom. The zero-order chi connectivity index (χ0) is 13.1. The lowest BCUT2D eigenvalue weighted by Crippen LogP contribution is -2.37. The Morgan fingerprint density at radius 1 is 1.50 bits per heavy atom. The first-order valence-corrected chi connectivity index (χ1v) is 6.00. The number of methoxy groups -OCH3 is 1. The zero-order valence-electron chi connectivity index (χ0n) is 10.5. The zero-order valence-corrected chi connectivity index (χ0v) is 10.5. The van der Waals surface area contributed by atoms with Crippen molar-refractivity contribution < 1.29 is 19.4 Å². The summed E-state index contributed by atoms with van der Waals surface area (Å²) in [6, 6.07) is 0. The molecule has 0 saturated heterocycles. The first-order chi connectivity index (χ1) is 8.69. The van der Waals surface area contributed by atoms with Crippen LogP contribution < -0.4 is 5.32 Å². The van der Waals surface area contributed by atoms with Gasteiger partial charge in [0.1, 0.15) is 6.10 Å². The summed E-state index contributed by atoms with van der Waals surface area (Å²) in [5.74, 6) is -0.308. The molecule has 2 rings (SSSR count). The summed E-state index contributed by atoms with van der Waals surface area (Å²) in [6.07, 6.45) is 4.76. The van der Waals surface area contributed by atoms with Gasteiger partial charge >= 0.3 is 5.97 Å². The van der Waals surface area contributed by atoms with Crippen LogP contribution in [0.3, 0.4) is 0 Å². The van der Waals surface area contributed by atoms with Crippen molar-refractivity contribution in [1.29, 1.82) is 0 Å². The van der Waals surface area contributed by atoms with E-state index in [1.54, 1.807) is 6.92 Å². The molecule has 0 spiro atoms. The van der Waals surface area contributed by atoms with Crippen molar-refractivity contribution in [2.24, 2.45) is 0 Å². The third-order valence-electron chi connectivity index (χ3n) is 2.94. The molecule has 0 aromatic heterocycles. The Hall–Kier alpha value is -1.75. The third kappa shape index (κ3) is 2.13. The summed E-state index contributed by atoms with van der Waals surface area (Å²) in [5.41, 5.74) is 1.70. The van der Waals surface area contributed by atoms with Gasteiger partial charge in [0, 0.05) is 11.3 Å². The van der Waals surface area contributed by atoms with E-state index in [1.807, 2.05) is 12.2 Å². The van der Waals surface area contributed by atoms with Crippen molar-refractivity contribution in [3.8, 4) is 0 Å². The van der Waals surface area contributed by atoms with Crippen LogP contribution in [0.2, 0.25) is 0 Å². The maximum Gasteiger partial charge on any atom is 0.358 e. The fourth-order valence-corrected chi connectivity index (χ4v) is 2.12. The minimum Gasteiger partial charge on any atom is -0.495 e. The second kappa shape index (κ2) is 5.27. The number of allylic oxidation sites excluding steroid dienone is 2. The highest BCUT2D eigenvalue weighted by Gasteiger charge is 2.34. The summed E-state index contributed by atoms with van der Waals surface area (Å²) in [5, 5.41) is 13.2. The SMILES string of the molecule is CCOC(=O)C1=C(OC)C(O)C2=CCCC=C2N1. The third-order valence-corrected chi connectivity index (χ3v) is 2.94. The highest BCUT2D eigenvalue weighted by molar-refractivity contribution is 5.90. The van der Waals surface area contributed by atoms with E-state index in [4.69, 9.17) is 9.47 Å². The first kappa shape index (κ1) is 12.7. The van der Waals surface area contributed by atoms with Gasteiger partial charge in [0.2, 0.25) is 0 Å². The summed E-state index contributed by atoms with van der Waals surface area (Å²) < 4.78 is 10.1. The van der Waals surface area contributed by atoms with E-state index in [9.17, 15) is 9.90 Å². The lowest BCUT2D eigenvalue weighted by molar-refractivity contribution is -0.139. The maximum absolute atomic E-state index is 11.8. The Balaban J connectivity index is 2.39. The van der Waals surface area contributed by atoms with Gasteiger partial charge < -0.3 is 19.9 Å². The average molecular weight is 251 g/mol. The lowest BCUT2D eigenvalue weighted by atomic mass is 9.93. The molecule has 5 nitrogen and oxygen atoms in total. The van der Waals surface area contributed by atoms with E-state index in [0.717, 1.165) is 24.1 Å². The quantitative estimate of drug-likeness (QED) is 0.732. The minimum absolute atomic E-state index is 0.178. The fourth-order valence-electron chi connectivity index (χ4n) is 2.12. The number of hydrogen-bond acceptors (Lipinski definition) is 5. The van der Waals surface area contributed by atoms with Crippen molar-refractivity contribution in [3.05, 3.63) is 34.9 Å². The molecule has 0 fully saturated rings. The van der Waals surface area contributed by atoms with Gasteiger partial charge in [-0.25, -0.2) is 4.79 Å². The van der Waals surface area contributed by atoms with Crippen LogP contribution >= 0.6 is 0 Å². The Bertz CT molecular complexity index is 448. The monoisotopic (exact) mass is 251 g/mol. The average Bonchev–Trinajstić information content (AvgIpc) is 2.39. The maximum atomic E-state index is 11.8. The van der Waals surface area contributed by atoms with Crippen LogP contribution in [0.1, 0.15) is 19.8 Å². The molecule has 0 aromatic rings. The second-order valence-corrected chi connectivity index (χ2v) is 4.05. The van der Waals surface area contributed by atoms with Gasteiger partial charge in [-0.2, -0.15) is 0 Å². The number of rotatable bonds is 3. The number of carbonyl (C=O) groups is 1. The second-order valence-electron chi connectivity index (χ2n) is 4.05. The molecule has 5 heteroatoms. The molecule has 1 aliphatic heterocycles. The van der Waals surface area contributed by atoms with E-state index in [0.29, 0.717) is 0 Å². The summed E-state index contributed by atoms with van der Waals surface area (Å²) in [6.45, 7) is 2.01. The summed E-state index contributed by atoms with van der Waals surface area (Å²) in [4.78, 5) is 11.8. The molecule has 18 heavy (non-hydrogen) atoms. The van der Waals surface area contributed by atoms with Crippen LogP contribution in [0, 0.1) is 0 Å². The Labute approximate surface area is 106 Å². The van der Waals surface area contributed by atoms with Crippen molar-refractivity contribution in [2.45, 2.75) is 25.9 Å². The predicted octanol–water partition coefficient (Wildman–Crippen LogP) is 0.976. The van der Waals surface area contributed by atoms with Gasteiger partial charge in [-0.1, -0.05) is 12.2 Å². The number of nitrogens with one attached hydrogen (secondary N) is 1. The highest BCUT2D eigenvalue weighted by atomic mass is 16.5. The summed E-state index contributed by atoms with van der Waals surface area (Å²) >= 11 is 0. The first-order valence-electron chi connectivity index (χ1n) is 6.00. The number of carbonyl (C=O) groups excluding carboxylic acids is 1. The van der Waals surface area contributed by atoms with Gasteiger partial charge in [-0.15, -0.1) is 0 Å². The van der Waals surface area contributed by atoms with Crippen molar-refractivity contribution in [2.75, 3.05) is 13.7 Å². The molecule has 2 aliphatic rings. The van der Waals surface area contributed by atoms with Gasteiger partial charge in [-0.3, -0.25) is 0 Å². The molecule has 1 unspecified atom stereocenters. The van der Waals surface area contributed by atoms with E-state index in [1.165, 1.54) is 7.11 Å². The molecule has 2 N–H and O–H groups in total. The molecule has 0 bridgehead atoms. The highest BCUT2D eigenvalue weighted by Crippen LogP contribution is 2.30.